The summed E-state index contributed by atoms with van der Waals surface area (Å²) < 4.78 is 0. The van der Waals surface area contributed by atoms with Crippen molar-refractivity contribution in [1.82, 2.24) is 4.90 Å². The summed E-state index contributed by atoms with van der Waals surface area (Å²) in [5.74, 6) is 1.43. The lowest BCUT2D eigenvalue weighted by Crippen LogP contribution is -2.12. The molecule has 0 heterocycles. The first kappa shape index (κ1) is 15.1. The van der Waals surface area contributed by atoms with Gasteiger partial charge in [0, 0.05) is 14.1 Å². The van der Waals surface area contributed by atoms with Crippen LogP contribution in [0.4, 0.5) is 0 Å². The van der Waals surface area contributed by atoms with Crippen LogP contribution in [0.5, 0.6) is 0 Å². The van der Waals surface area contributed by atoms with Crippen LogP contribution in [0.2, 0.25) is 0 Å². The van der Waals surface area contributed by atoms with Crippen molar-refractivity contribution in [3.8, 4) is 0 Å². The molecule has 0 saturated heterocycles. The minimum absolute atomic E-state index is 0.656. The molecule has 0 aromatic rings. The molecule has 1 rings (SSSR count). The van der Waals surface area contributed by atoms with Gasteiger partial charge in [-0.2, -0.15) is 0 Å². The minimum atomic E-state index is 0.656. The Labute approximate surface area is 113 Å². The smallest absolute Gasteiger partial charge is 0.00555 e. The SMILES string of the molecule is CCC(CC1=C(C)C=CCC1)C(C)/C=C\N(C)C. The van der Waals surface area contributed by atoms with Crippen LogP contribution in [0.25, 0.3) is 0 Å². The zero-order chi connectivity index (χ0) is 13.5. The summed E-state index contributed by atoms with van der Waals surface area (Å²) in [5.41, 5.74) is 3.18. The average Bonchev–Trinajstić information content (AvgIpc) is 2.35. The van der Waals surface area contributed by atoms with Crippen LogP contribution in [0.3, 0.4) is 0 Å². The van der Waals surface area contributed by atoms with Crippen LogP contribution in [0.1, 0.15) is 46.5 Å². The van der Waals surface area contributed by atoms with Crippen molar-refractivity contribution in [2.24, 2.45) is 11.8 Å². The largest absolute Gasteiger partial charge is 0.384 e. The molecule has 0 fully saturated rings. The van der Waals surface area contributed by atoms with E-state index in [1.807, 2.05) is 0 Å². The summed E-state index contributed by atoms with van der Waals surface area (Å²) in [4.78, 5) is 2.12. The molecule has 0 aromatic heterocycles. The van der Waals surface area contributed by atoms with Crippen molar-refractivity contribution in [2.75, 3.05) is 14.1 Å². The van der Waals surface area contributed by atoms with E-state index in [0.29, 0.717) is 5.92 Å². The van der Waals surface area contributed by atoms with Crippen molar-refractivity contribution >= 4 is 0 Å². The molecule has 0 amide bonds. The van der Waals surface area contributed by atoms with Crippen LogP contribution in [-0.2, 0) is 0 Å². The Balaban J connectivity index is 2.64. The second-order valence-electron chi connectivity index (χ2n) is 5.76. The Morgan fingerprint density at radius 1 is 1.39 bits per heavy atom. The molecule has 102 valence electrons. The molecule has 1 nitrogen and oxygen atoms in total. The maximum Gasteiger partial charge on any atom is 0.00555 e. The van der Waals surface area contributed by atoms with Crippen molar-refractivity contribution in [3.63, 3.8) is 0 Å². The summed E-state index contributed by atoms with van der Waals surface area (Å²) in [6.45, 7) is 6.93. The number of rotatable bonds is 6. The maximum absolute atomic E-state index is 2.35. The van der Waals surface area contributed by atoms with Gasteiger partial charge in [0.1, 0.15) is 0 Å². The summed E-state index contributed by atoms with van der Waals surface area (Å²) in [6, 6.07) is 0. The molecule has 0 saturated carbocycles. The fraction of sp³-hybridized carbons (Fsp3) is 0.647. The van der Waals surface area contributed by atoms with Gasteiger partial charge in [0.2, 0.25) is 0 Å². The zero-order valence-corrected chi connectivity index (χ0v) is 12.7. The number of hydrogen-bond donors (Lipinski definition) is 0. The van der Waals surface area contributed by atoms with E-state index in [1.165, 1.54) is 31.3 Å². The summed E-state index contributed by atoms with van der Waals surface area (Å²) in [6.07, 6.45) is 14.2. The third-order valence-corrected chi connectivity index (χ3v) is 4.00. The van der Waals surface area contributed by atoms with E-state index in [1.54, 1.807) is 5.57 Å². The number of hydrogen-bond acceptors (Lipinski definition) is 1. The molecule has 18 heavy (non-hydrogen) atoms. The van der Waals surface area contributed by atoms with Gasteiger partial charge in [0.05, 0.1) is 0 Å². The first-order chi connectivity index (χ1) is 8.54. The number of nitrogens with zero attached hydrogens (tertiary/aromatic N) is 1. The molecule has 1 aliphatic rings. The monoisotopic (exact) mass is 247 g/mol. The van der Waals surface area contributed by atoms with E-state index < -0.39 is 0 Å². The van der Waals surface area contributed by atoms with Crippen LogP contribution in [0.15, 0.2) is 35.6 Å². The second-order valence-corrected chi connectivity index (χ2v) is 5.76. The standard InChI is InChI=1S/C17H29N/c1-6-16(15(3)11-12-18(4)5)13-17-10-8-7-9-14(17)2/h7,9,11-12,15-16H,6,8,10,13H2,1-5H3/b12-11-. The molecule has 2 atom stereocenters. The molecule has 0 spiro atoms. The second kappa shape index (κ2) is 7.45. The maximum atomic E-state index is 2.35. The lowest BCUT2D eigenvalue weighted by molar-refractivity contribution is 0.394. The van der Waals surface area contributed by atoms with Gasteiger partial charge in [-0.15, -0.1) is 0 Å². The van der Waals surface area contributed by atoms with Crippen LogP contribution >= 0.6 is 0 Å². The summed E-state index contributed by atoms with van der Waals surface area (Å²) >= 11 is 0. The molecule has 0 bridgehead atoms. The first-order valence-electron chi connectivity index (χ1n) is 7.24. The fourth-order valence-corrected chi connectivity index (χ4v) is 2.58. The van der Waals surface area contributed by atoms with Gasteiger partial charge in [-0.3, -0.25) is 0 Å². The Bertz CT molecular complexity index is 334. The van der Waals surface area contributed by atoms with Gasteiger partial charge in [-0.1, -0.05) is 49.6 Å². The van der Waals surface area contributed by atoms with Crippen molar-refractivity contribution < 1.29 is 0 Å². The zero-order valence-electron chi connectivity index (χ0n) is 12.7. The Hall–Kier alpha value is -0.980. The highest BCUT2D eigenvalue weighted by molar-refractivity contribution is 5.27. The molecule has 1 aliphatic carbocycles. The summed E-state index contributed by atoms with van der Waals surface area (Å²) in [7, 11) is 4.17. The lowest BCUT2D eigenvalue weighted by atomic mass is 9.82. The first-order valence-corrected chi connectivity index (χ1v) is 7.24. The molecule has 0 radical (unpaired) electrons. The van der Waals surface area contributed by atoms with Gasteiger partial charge >= 0.3 is 0 Å². The molecule has 0 aromatic carbocycles. The van der Waals surface area contributed by atoms with E-state index in [4.69, 9.17) is 0 Å². The van der Waals surface area contributed by atoms with Gasteiger partial charge in [-0.05, 0) is 44.2 Å². The van der Waals surface area contributed by atoms with E-state index >= 15 is 0 Å². The van der Waals surface area contributed by atoms with E-state index in [-0.39, 0.29) is 0 Å². The van der Waals surface area contributed by atoms with E-state index in [2.05, 4.69) is 64.2 Å². The summed E-state index contributed by atoms with van der Waals surface area (Å²) in [5, 5.41) is 0. The highest BCUT2D eigenvalue weighted by Crippen LogP contribution is 2.30. The van der Waals surface area contributed by atoms with E-state index in [9.17, 15) is 0 Å². The predicted molar refractivity (Wildman–Crippen MR) is 81.5 cm³/mol. The average molecular weight is 247 g/mol. The lowest BCUT2D eigenvalue weighted by Gasteiger charge is -2.24. The van der Waals surface area contributed by atoms with Crippen molar-refractivity contribution in [2.45, 2.75) is 46.5 Å². The van der Waals surface area contributed by atoms with Gasteiger partial charge in [0.15, 0.2) is 0 Å². The normalized spacial score (nSPS) is 19.4. The molecule has 2 unspecified atom stereocenters. The van der Waals surface area contributed by atoms with Gasteiger partial charge in [0.25, 0.3) is 0 Å². The van der Waals surface area contributed by atoms with Gasteiger partial charge in [-0.25, -0.2) is 0 Å². The fourth-order valence-electron chi connectivity index (χ4n) is 2.58. The topological polar surface area (TPSA) is 3.24 Å². The molecule has 0 N–H and O–H groups in total. The Morgan fingerprint density at radius 2 is 2.11 bits per heavy atom. The molecule has 1 heteroatoms. The quantitative estimate of drug-likeness (QED) is 0.653. The van der Waals surface area contributed by atoms with Crippen molar-refractivity contribution in [1.29, 1.82) is 0 Å². The van der Waals surface area contributed by atoms with E-state index in [0.717, 1.165) is 5.92 Å². The Morgan fingerprint density at radius 3 is 2.67 bits per heavy atom. The highest BCUT2D eigenvalue weighted by Gasteiger charge is 2.16. The van der Waals surface area contributed by atoms with Crippen LogP contribution in [0, 0.1) is 11.8 Å². The minimum Gasteiger partial charge on any atom is -0.384 e. The van der Waals surface area contributed by atoms with Gasteiger partial charge < -0.3 is 4.90 Å². The highest BCUT2D eigenvalue weighted by atomic mass is 15.0. The van der Waals surface area contributed by atoms with Crippen LogP contribution < -0.4 is 0 Å². The molecular weight excluding hydrogens is 218 g/mol. The Kier molecular flexibility index (Phi) is 6.24. The molecular formula is C17H29N. The third kappa shape index (κ3) is 4.72. The molecule has 0 aliphatic heterocycles. The van der Waals surface area contributed by atoms with Crippen molar-refractivity contribution in [3.05, 3.63) is 35.6 Å². The predicted octanol–water partition coefficient (Wildman–Crippen LogP) is 4.78. The van der Waals surface area contributed by atoms with Crippen LogP contribution in [-0.4, -0.2) is 19.0 Å². The number of allylic oxidation sites excluding steroid dienone is 5. The third-order valence-electron chi connectivity index (χ3n) is 4.00.